The van der Waals surface area contributed by atoms with Crippen LogP contribution >= 0.6 is 0 Å². The van der Waals surface area contributed by atoms with E-state index in [1.54, 1.807) is 10.7 Å². The van der Waals surface area contributed by atoms with Crippen LogP contribution in [0.25, 0.3) is 16.9 Å². The normalized spacial score (nSPS) is 23.4. The number of carbonyl (C=O) groups is 1. The SMILES string of the molecule is N#CC1(CC(=O)[C@@H]2CCCC[C@H]2c2nn(-c3ccc(F)cn3)cc2-c2ccc(N3CCS(=O)(=O)CC3)cc2)CC1. The number of hydrogen-bond donors (Lipinski definition) is 0. The van der Waals surface area contributed by atoms with Crippen molar-refractivity contribution in [1.82, 2.24) is 14.8 Å². The fourth-order valence-corrected chi connectivity index (χ4v) is 7.32. The molecular formula is C30H32FN5O3S. The maximum absolute atomic E-state index is 13.6. The Morgan fingerprint density at radius 3 is 2.45 bits per heavy atom. The summed E-state index contributed by atoms with van der Waals surface area (Å²) in [7, 11) is -2.97. The Morgan fingerprint density at radius 2 is 1.80 bits per heavy atom. The molecule has 0 N–H and O–H groups in total. The van der Waals surface area contributed by atoms with E-state index in [-0.39, 0.29) is 29.1 Å². The van der Waals surface area contributed by atoms with E-state index < -0.39 is 21.1 Å². The summed E-state index contributed by atoms with van der Waals surface area (Å²) in [6.07, 6.45) is 8.52. The molecule has 0 unspecified atom stereocenters. The molecule has 3 aliphatic rings. The number of ketones is 1. The summed E-state index contributed by atoms with van der Waals surface area (Å²) >= 11 is 0. The second kappa shape index (κ2) is 10.4. The average Bonchev–Trinajstić information content (AvgIpc) is 3.60. The Morgan fingerprint density at radius 1 is 1.07 bits per heavy atom. The number of rotatable bonds is 7. The van der Waals surface area contributed by atoms with Gasteiger partial charge in [0.2, 0.25) is 0 Å². The molecule has 8 nitrogen and oxygen atoms in total. The Hall–Kier alpha value is -3.58. The summed E-state index contributed by atoms with van der Waals surface area (Å²) in [6, 6.07) is 13.3. The first-order chi connectivity index (χ1) is 19.3. The third kappa shape index (κ3) is 5.39. The summed E-state index contributed by atoms with van der Waals surface area (Å²) in [4.78, 5) is 19.8. The minimum absolute atomic E-state index is 0.0839. The molecule has 6 rings (SSSR count). The third-order valence-electron chi connectivity index (χ3n) is 8.71. The fraction of sp³-hybridized carbons (Fsp3) is 0.467. The molecule has 3 aromatic rings. The van der Waals surface area contributed by atoms with Gasteiger partial charge < -0.3 is 4.90 Å². The van der Waals surface area contributed by atoms with Crippen LogP contribution in [0.4, 0.5) is 10.1 Å². The number of benzene rings is 1. The van der Waals surface area contributed by atoms with Crippen molar-refractivity contribution < 1.29 is 17.6 Å². The Balaban J connectivity index is 1.35. The second-order valence-electron chi connectivity index (χ2n) is 11.4. The van der Waals surface area contributed by atoms with Crippen molar-refractivity contribution in [3.63, 3.8) is 0 Å². The van der Waals surface area contributed by atoms with Crippen LogP contribution in [0.2, 0.25) is 0 Å². The van der Waals surface area contributed by atoms with Crippen molar-refractivity contribution in [2.45, 2.75) is 50.9 Å². The first-order valence-electron chi connectivity index (χ1n) is 14.0. The van der Waals surface area contributed by atoms with E-state index >= 15 is 0 Å². The topological polar surface area (TPSA) is 109 Å². The third-order valence-corrected chi connectivity index (χ3v) is 10.3. The highest BCUT2D eigenvalue weighted by atomic mass is 32.2. The Labute approximate surface area is 233 Å². The highest BCUT2D eigenvalue weighted by Gasteiger charge is 2.47. The molecule has 2 aromatic heterocycles. The lowest BCUT2D eigenvalue weighted by Gasteiger charge is -2.31. The summed E-state index contributed by atoms with van der Waals surface area (Å²) in [5.41, 5.74) is 3.13. The zero-order chi connectivity index (χ0) is 27.9. The van der Waals surface area contributed by atoms with Crippen molar-refractivity contribution in [1.29, 1.82) is 5.26 Å². The summed E-state index contributed by atoms with van der Waals surface area (Å²) in [5, 5.41) is 14.5. The molecule has 2 atom stereocenters. The van der Waals surface area contributed by atoms with Crippen molar-refractivity contribution in [3.05, 3.63) is 60.3 Å². The van der Waals surface area contributed by atoms with Crippen LogP contribution in [0.5, 0.6) is 0 Å². The standard InChI is InChI=1S/C30H32FN5O3S/c31-22-7-10-28(33-18-22)36-19-26(21-5-8-23(9-6-21)35-13-15-40(38,39)16-14-35)29(34-36)25-4-2-1-3-24(25)27(37)17-30(20-32)11-12-30/h5-10,18-19,24-25H,1-4,11-17H2/t24-,25-/m1/s1. The summed E-state index contributed by atoms with van der Waals surface area (Å²) in [5.74, 6) is 0.236. The Kier molecular flexibility index (Phi) is 6.95. The van der Waals surface area contributed by atoms with Crippen molar-refractivity contribution in [3.8, 4) is 23.0 Å². The molecule has 0 radical (unpaired) electrons. The van der Waals surface area contributed by atoms with Gasteiger partial charge in [-0.05, 0) is 55.5 Å². The molecule has 1 saturated heterocycles. The van der Waals surface area contributed by atoms with Crippen molar-refractivity contribution in [2.24, 2.45) is 11.3 Å². The molecule has 0 amide bonds. The van der Waals surface area contributed by atoms with Crippen LogP contribution in [0.3, 0.4) is 0 Å². The first kappa shape index (κ1) is 26.6. The molecule has 40 heavy (non-hydrogen) atoms. The Bertz CT molecular complexity index is 1540. The van der Waals surface area contributed by atoms with Crippen molar-refractivity contribution in [2.75, 3.05) is 29.5 Å². The summed E-state index contributed by atoms with van der Waals surface area (Å²) < 4.78 is 39.0. The van der Waals surface area contributed by atoms with Gasteiger partial charge in [-0.15, -0.1) is 0 Å². The maximum Gasteiger partial charge on any atom is 0.153 e. The number of pyridine rings is 1. The highest BCUT2D eigenvalue weighted by Crippen LogP contribution is 2.51. The molecule has 1 aromatic carbocycles. The van der Waals surface area contributed by atoms with Crippen LogP contribution in [0, 0.1) is 28.5 Å². The van der Waals surface area contributed by atoms with E-state index in [2.05, 4.69) is 16.0 Å². The fourth-order valence-electron chi connectivity index (χ4n) is 6.11. The molecule has 3 heterocycles. The van der Waals surface area contributed by atoms with Gasteiger partial charge in [0.25, 0.3) is 0 Å². The minimum atomic E-state index is -2.97. The van der Waals surface area contributed by atoms with Gasteiger partial charge in [-0.2, -0.15) is 10.4 Å². The zero-order valence-electron chi connectivity index (χ0n) is 22.3. The van der Waals surface area contributed by atoms with Crippen LogP contribution in [-0.2, 0) is 14.6 Å². The van der Waals surface area contributed by atoms with Gasteiger partial charge in [-0.3, -0.25) is 4.79 Å². The quantitative estimate of drug-likeness (QED) is 0.406. The number of anilines is 1. The van der Waals surface area contributed by atoms with Crippen LogP contribution < -0.4 is 4.90 Å². The van der Waals surface area contributed by atoms with E-state index in [1.165, 1.54) is 6.07 Å². The first-order valence-corrected chi connectivity index (χ1v) is 15.8. The van der Waals surface area contributed by atoms with Gasteiger partial charge >= 0.3 is 0 Å². The summed E-state index contributed by atoms with van der Waals surface area (Å²) in [6.45, 7) is 0.939. The molecule has 0 bridgehead atoms. The van der Waals surface area contributed by atoms with E-state index in [9.17, 15) is 22.9 Å². The highest BCUT2D eigenvalue weighted by molar-refractivity contribution is 7.91. The van der Waals surface area contributed by atoms with E-state index in [0.29, 0.717) is 25.3 Å². The van der Waals surface area contributed by atoms with E-state index in [1.807, 2.05) is 30.5 Å². The van der Waals surface area contributed by atoms with Gasteiger partial charge in [0.1, 0.15) is 11.6 Å². The predicted octanol–water partition coefficient (Wildman–Crippen LogP) is 4.84. The number of hydrogen-bond acceptors (Lipinski definition) is 7. The largest absolute Gasteiger partial charge is 0.369 e. The molecule has 10 heteroatoms. The van der Waals surface area contributed by atoms with Crippen molar-refractivity contribution >= 4 is 21.3 Å². The number of carbonyl (C=O) groups excluding carboxylic acids is 1. The molecule has 3 fully saturated rings. The molecule has 1 aliphatic heterocycles. The zero-order valence-corrected chi connectivity index (χ0v) is 23.1. The maximum atomic E-state index is 13.6. The van der Waals surface area contributed by atoms with Crippen LogP contribution in [0.1, 0.15) is 56.6 Å². The van der Waals surface area contributed by atoms with Crippen LogP contribution in [0.15, 0.2) is 48.8 Å². The van der Waals surface area contributed by atoms with E-state index in [0.717, 1.165) is 67.2 Å². The number of sulfone groups is 1. The smallest absolute Gasteiger partial charge is 0.153 e. The molecular weight excluding hydrogens is 529 g/mol. The molecule has 208 valence electrons. The number of nitriles is 1. The molecule has 0 spiro atoms. The second-order valence-corrected chi connectivity index (χ2v) is 13.7. The molecule has 2 saturated carbocycles. The van der Waals surface area contributed by atoms with Crippen LogP contribution in [-0.4, -0.2) is 53.6 Å². The number of Topliss-reactive ketones (excluding diaryl/α,β-unsaturated/α-hetero) is 1. The number of aromatic nitrogens is 3. The molecule has 2 aliphatic carbocycles. The van der Waals surface area contributed by atoms with Gasteiger partial charge in [-0.1, -0.05) is 25.0 Å². The van der Waals surface area contributed by atoms with Gasteiger partial charge in [-0.25, -0.2) is 22.5 Å². The number of halogens is 1. The van der Waals surface area contributed by atoms with E-state index in [4.69, 9.17) is 5.10 Å². The lowest BCUT2D eigenvalue weighted by Crippen LogP contribution is -2.40. The lowest BCUT2D eigenvalue weighted by atomic mass is 9.72. The monoisotopic (exact) mass is 561 g/mol. The van der Waals surface area contributed by atoms with Gasteiger partial charge in [0, 0.05) is 48.8 Å². The van der Waals surface area contributed by atoms with Gasteiger partial charge in [0.05, 0.1) is 34.9 Å². The predicted molar refractivity (Wildman–Crippen MR) is 149 cm³/mol. The minimum Gasteiger partial charge on any atom is -0.369 e. The van der Waals surface area contributed by atoms with Gasteiger partial charge in [0.15, 0.2) is 15.7 Å². The average molecular weight is 562 g/mol. The lowest BCUT2D eigenvalue weighted by molar-refractivity contribution is -0.125. The number of nitrogens with zero attached hydrogens (tertiary/aromatic N) is 5.